The number of aliphatic hydroxyl groups is 1. The summed E-state index contributed by atoms with van der Waals surface area (Å²) in [6, 6.07) is 5.43. The average molecular weight is 275 g/mol. The Bertz CT molecular complexity index is 638. The van der Waals surface area contributed by atoms with Crippen molar-refractivity contribution < 1.29 is 14.6 Å². The molecule has 2 aromatic rings. The summed E-state index contributed by atoms with van der Waals surface area (Å²) in [4.78, 5) is 17.3. The van der Waals surface area contributed by atoms with E-state index in [4.69, 9.17) is 15.6 Å². The van der Waals surface area contributed by atoms with Gasteiger partial charge in [-0.25, -0.2) is 0 Å². The third-order valence-corrected chi connectivity index (χ3v) is 3.57. The lowest BCUT2D eigenvalue weighted by molar-refractivity contribution is -0.0446. The summed E-state index contributed by atoms with van der Waals surface area (Å²) < 4.78 is 5.36. The number of aliphatic hydroxyl groups excluding tert-OH is 1. The predicted molar refractivity (Wildman–Crippen MR) is 75.4 cm³/mol. The molecule has 4 N–H and O–H groups in total. The molecule has 0 aliphatic carbocycles. The molecule has 0 bridgehead atoms. The molecule has 6 nitrogen and oxygen atoms in total. The van der Waals surface area contributed by atoms with Crippen molar-refractivity contribution in [3.63, 3.8) is 0 Å². The average Bonchev–Trinajstić information content (AvgIpc) is 2.89. The summed E-state index contributed by atoms with van der Waals surface area (Å²) in [5.74, 6) is -0.0530. The molecule has 6 heteroatoms. The van der Waals surface area contributed by atoms with Crippen LogP contribution >= 0.6 is 0 Å². The molecule has 1 aliphatic heterocycles. The number of aromatic nitrogens is 1. The molecule has 1 aromatic carbocycles. The summed E-state index contributed by atoms with van der Waals surface area (Å²) in [5, 5.41) is 10.00. The smallest absolute Gasteiger partial charge is 0.256 e. The molecule has 1 amide bonds. The van der Waals surface area contributed by atoms with Crippen LogP contribution in [0.25, 0.3) is 10.9 Å². The highest BCUT2D eigenvalue weighted by atomic mass is 16.5. The third-order valence-electron chi connectivity index (χ3n) is 3.57. The highest BCUT2D eigenvalue weighted by Gasteiger charge is 2.26. The monoisotopic (exact) mass is 275 g/mol. The van der Waals surface area contributed by atoms with E-state index in [9.17, 15) is 4.79 Å². The van der Waals surface area contributed by atoms with E-state index in [2.05, 4.69) is 4.98 Å². The molecule has 1 aliphatic rings. The van der Waals surface area contributed by atoms with Gasteiger partial charge in [0, 0.05) is 35.9 Å². The van der Waals surface area contributed by atoms with Crippen LogP contribution in [0, 0.1) is 0 Å². The number of rotatable bonds is 2. The molecule has 3 rings (SSSR count). The van der Waals surface area contributed by atoms with Gasteiger partial charge in [0.1, 0.15) is 0 Å². The van der Waals surface area contributed by atoms with Gasteiger partial charge in [-0.1, -0.05) is 0 Å². The van der Waals surface area contributed by atoms with Crippen molar-refractivity contribution in [3.05, 3.63) is 30.0 Å². The molecule has 106 valence electrons. The second-order valence-electron chi connectivity index (χ2n) is 4.93. The number of morpholine rings is 1. The minimum atomic E-state index is -0.298. The van der Waals surface area contributed by atoms with Crippen LogP contribution < -0.4 is 5.73 Å². The molecule has 1 aromatic heterocycles. The summed E-state index contributed by atoms with van der Waals surface area (Å²) >= 11 is 0. The molecule has 0 radical (unpaired) electrons. The van der Waals surface area contributed by atoms with Gasteiger partial charge in [-0.15, -0.1) is 0 Å². The molecule has 2 heterocycles. The molecule has 20 heavy (non-hydrogen) atoms. The summed E-state index contributed by atoms with van der Waals surface area (Å²) in [5.41, 5.74) is 7.86. The first kappa shape index (κ1) is 13.0. The highest BCUT2D eigenvalue weighted by Crippen LogP contribution is 2.22. The molecule has 0 spiro atoms. The predicted octanol–water partition coefficient (Wildman–Crippen LogP) is 0.583. The zero-order valence-corrected chi connectivity index (χ0v) is 11.0. The third kappa shape index (κ3) is 2.23. The number of ether oxygens (including phenoxy) is 1. The van der Waals surface area contributed by atoms with Crippen molar-refractivity contribution in [2.45, 2.75) is 6.10 Å². The van der Waals surface area contributed by atoms with Gasteiger partial charge in [0.2, 0.25) is 0 Å². The fourth-order valence-electron chi connectivity index (χ4n) is 2.51. The van der Waals surface area contributed by atoms with Gasteiger partial charge in [0.25, 0.3) is 5.91 Å². The van der Waals surface area contributed by atoms with Crippen LogP contribution in [-0.2, 0) is 4.74 Å². The fourth-order valence-corrected chi connectivity index (χ4v) is 2.51. The lowest BCUT2D eigenvalue weighted by atomic mass is 10.1. The molecule has 0 saturated carbocycles. The van der Waals surface area contributed by atoms with E-state index >= 15 is 0 Å². The van der Waals surface area contributed by atoms with Crippen molar-refractivity contribution in [1.29, 1.82) is 0 Å². The molecule has 1 saturated heterocycles. The first-order chi connectivity index (χ1) is 9.69. The largest absolute Gasteiger partial charge is 0.399 e. The lowest BCUT2D eigenvalue weighted by Crippen LogP contribution is -2.46. The van der Waals surface area contributed by atoms with Crippen LogP contribution in [0.15, 0.2) is 24.4 Å². The number of carbonyl (C=O) groups excluding carboxylic acids is 1. The maximum Gasteiger partial charge on any atom is 0.256 e. The van der Waals surface area contributed by atoms with Crippen LogP contribution in [0.2, 0.25) is 0 Å². The topological polar surface area (TPSA) is 91.6 Å². The minimum Gasteiger partial charge on any atom is -0.399 e. The van der Waals surface area contributed by atoms with Crippen LogP contribution in [0.4, 0.5) is 5.69 Å². The van der Waals surface area contributed by atoms with E-state index in [1.165, 1.54) is 0 Å². The standard InChI is InChI=1S/C14H17N3O3/c15-9-1-2-11-12(6-16-13(11)5-9)14(19)17-3-4-20-10(7-17)8-18/h1-2,5-6,10,16,18H,3-4,7-8,15H2. The minimum absolute atomic E-state index is 0.0530. The van der Waals surface area contributed by atoms with Crippen molar-refractivity contribution in [2.24, 2.45) is 0 Å². The summed E-state index contributed by atoms with van der Waals surface area (Å²) in [6.45, 7) is 1.33. The van der Waals surface area contributed by atoms with E-state index in [0.717, 1.165) is 10.9 Å². The quantitative estimate of drug-likeness (QED) is 0.699. The molecular formula is C14H17N3O3. The number of anilines is 1. The summed E-state index contributed by atoms with van der Waals surface area (Å²) in [7, 11) is 0. The van der Waals surface area contributed by atoms with Crippen molar-refractivity contribution in [2.75, 3.05) is 32.0 Å². The van der Waals surface area contributed by atoms with E-state index in [1.807, 2.05) is 12.1 Å². The molecule has 1 unspecified atom stereocenters. The van der Waals surface area contributed by atoms with Crippen LogP contribution in [-0.4, -0.2) is 53.3 Å². The van der Waals surface area contributed by atoms with Gasteiger partial charge in [0.15, 0.2) is 0 Å². The Hall–Kier alpha value is -2.05. The number of nitrogens with zero attached hydrogens (tertiary/aromatic N) is 1. The number of H-pyrrole nitrogens is 1. The number of hydrogen-bond donors (Lipinski definition) is 3. The number of amides is 1. The van der Waals surface area contributed by atoms with Crippen molar-refractivity contribution >= 4 is 22.5 Å². The van der Waals surface area contributed by atoms with Crippen molar-refractivity contribution in [3.8, 4) is 0 Å². The first-order valence-corrected chi connectivity index (χ1v) is 6.57. The van der Waals surface area contributed by atoms with Crippen LogP contribution in [0.5, 0.6) is 0 Å². The maximum absolute atomic E-state index is 12.6. The summed E-state index contributed by atoms with van der Waals surface area (Å²) in [6.07, 6.45) is 1.41. The van der Waals surface area contributed by atoms with Crippen LogP contribution in [0.1, 0.15) is 10.4 Å². The zero-order valence-electron chi connectivity index (χ0n) is 11.0. The van der Waals surface area contributed by atoms with Crippen LogP contribution in [0.3, 0.4) is 0 Å². The number of carbonyl (C=O) groups is 1. The van der Waals surface area contributed by atoms with E-state index in [-0.39, 0.29) is 18.6 Å². The Kier molecular flexibility index (Phi) is 3.33. The number of nitrogen functional groups attached to an aromatic ring is 1. The number of benzene rings is 1. The Morgan fingerprint density at radius 2 is 2.40 bits per heavy atom. The fraction of sp³-hybridized carbons (Fsp3) is 0.357. The Labute approximate surface area is 116 Å². The number of aromatic amines is 1. The van der Waals surface area contributed by atoms with Crippen molar-refractivity contribution in [1.82, 2.24) is 9.88 Å². The first-order valence-electron chi connectivity index (χ1n) is 6.57. The van der Waals surface area contributed by atoms with Gasteiger partial charge in [0.05, 0.1) is 24.9 Å². The molecule has 1 fully saturated rings. The van der Waals surface area contributed by atoms with Gasteiger partial charge >= 0.3 is 0 Å². The number of nitrogens with one attached hydrogen (secondary N) is 1. The van der Waals surface area contributed by atoms with E-state index < -0.39 is 0 Å². The highest BCUT2D eigenvalue weighted by molar-refractivity contribution is 6.07. The van der Waals surface area contributed by atoms with Gasteiger partial charge in [-0.2, -0.15) is 0 Å². The van der Waals surface area contributed by atoms with Gasteiger partial charge in [-0.3, -0.25) is 4.79 Å². The Morgan fingerprint density at radius 3 is 3.20 bits per heavy atom. The maximum atomic E-state index is 12.6. The second-order valence-corrected chi connectivity index (χ2v) is 4.93. The number of nitrogens with two attached hydrogens (primary N) is 1. The molecular weight excluding hydrogens is 258 g/mol. The lowest BCUT2D eigenvalue weighted by Gasteiger charge is -2.31. The number of hydrogen-bond acceptors (Lipinski definition) is 4. The zero-order chi connectivity index (χ0) is 14.1. The SMILES string of the molecule is Nc1ccc2c(C(=O)N3CCOC(CO)C3)c[nH]c2c1. The van der Waals surface area contributed by atoms with E-state index in [0.29, 0.717) is 30.9 Å². The Morgan fingerprint density at radius 1 is 1.55 bits per heavy atom. The van der Waals surface area contributed by atoms with Gasteiger partial charge < -0.3 is 25.5 Å². The number of fused-ring (bicyclic) bond motifs is 1. The molecule has 1 atom stereocenters. The normalized spacial score (nSPS) is 19.4. The Balaban J connectivity index is 1.88. The second kappa shape index (κ2) is 5.15. The van der Waals surface area contributed by atoms with E-state index in [1.54, 1.807) is 17.2 Å². The van der Waals surface area contributed by atoms with Gasteiger partial charge in [-0.05, 0) is 18.2 Å².